The Morgan fingerprint density at radius 3 is 2.43 bits per heavy atom. The number of carbonyl (C=O) groups excluding carboxylic acids is 1. The van der Waals surface area contributed by atoms with Crippen LogP contribution in [0.5, 0.6) is 0 Å². The molecule has 1 radical (unpaired) electrons. The molecular weight excluding hydrogens is 382 g/mol. The van der Waals surface area contributed by atoms with E-state index in [2.05, 4.69) is 11.8 Å². The summed E-state index contributed by atoms with van der Waals surface area (Å²) in [7, 11) is 0. The smallest absolute Gasteiger partial charge is 0.341 e. The van der Waals surface area contributed by atoms with Gasteiger partial charge in [0.25, 0.3) is 0 Å². The van der Waals surface area contributed by atoms with Crippen LogP contribution in [0.15, 0.2) is 23.1 Å². The van der Waals surface area contributed by atoms with E-state index in [1.54, 1.807) is 12.1 Å². The van der Waals surface area contributed by atoms with E-state index in [1.165, 1.54) is 6.20 Å². The summed E-state index contributed by atoms with van der Waals surface area (Å²) in [5, 5.41) is 10.3. The van der Waals surface area contributed by atoms with E-state index in [9.17, 15) is 19.5 Å². The molecule has 0 spiro atoms. The zero-order valence-electron chi connectivity index (χ0n) is 15.4. The van der Waals surface area contributed by atoms with E-state index in [-0.39, 0.29) is 17.4 Å². The van der Waals surface area contributed by atoms with Gasteiger partial charge in [-0.1, -0.05) is 11.6 Å². The number of aromatic nitrogens is 1. The molecule has 1 aromatic heterocycles. The molecule has 28 heavy (non-hydrogen) atoms. The van der Waals surface area contributed by atoms with Gasteiger partial charge in [-0.25, -0.2) is 4.79 Å². The number of piperazine rings is 1. The van der Waals surface area contributed by atoms with Crippen molar-refractivity contribution in [1.29, 1.82) is 0 Å². The number of pyridine rings is 1. The molecule has 0 unspecified atom stereocenters. The monoisotopic (exact) mass is 402 g/mol. The molecule has 2 aromatic rings. The number of benzene rings is 1. The molecule has 8 heteroatoms. The lowest BCUT2D eigenvalue weighted by Crippen LogP contribution is -2.47. The van der Waals surface area contributed by atoms with Gasteiger partial charge in [-0.2, -0.15) is 0 Å². The van der Waals surface area contributed by atoms with Gasteiger partial charge in [0.15, 0.2) is 0 Å². The summed E-state index contributed by atoms with van der Waals surface area (Å²) < 4.78 is 1.87. The lowest BCUT2D eigenvalue weighted by Gasteiger charge is -2.36. The predicted octanol–water partition coefficient (Wildman–Crippen LogP) is 2.21. The Kier molecular flexibility index (Phi) is 4.89. The average Bonchev–Trinajstić information content (AvgIpc) is 3.47. The third-order valence-electron chi connectivity index (χ3n) is 5.38. The second-order valence-corrected chi connectivity index (χ2v) is 7.85. The van der Waals surface area contributed by atoms with Gasteiger partial charge in [0.1, 0.15) is 11.3 Å². The second kappa shape index (κ2) is 7.22. The molecule has 1 N–H and O–H groups in total. The number of nitrogens with zero attached hydrogens (tertiary/aromatic N) is 3. The number of hydrogen-bond donors (Lipinski definition) is 1. The maximum Gasteiger partial charge on any atom is 0.341 e. The number of Topliss-reactive ketones (excluding diaryl/α,β-unsaturated/α-hetero) is 1. The lowest BCUT2D eigenvalue weighted by atomic mass is 10.1. The molecule has 2 aliphatic rings. The highest BCUT2D eigenvalue weighted by Crippen LogP contribution is 2.39. The summed E-state index contributed by atoms with van der Waals surface area (Å²) in [4.78, 5) is 39.6. The molecule has 2 fully saturated rings. The molecule has 1 saturated heterocycles. The quantitative estimate of drug-likeness (QED) is 0.825. The van der Waals surface area contributed by atoms with Gasteiger partial charge in [0.05, 0.1) is 22.8 Å². The first-order valence-electron chi connectivity index (χ1n) is 9.29. The minimum atomic E-state index is -1.22. The van der Waals surface area contributed by atoms with Crippen LogP contribution in [0.3, 0.4) is 0 Å². The molecule has 2 heterocycles. The fourth-order valence-electron chi connectivity index (χ4n) is 3.80. The molecule has 7 nitrogen and oxygen atoms in total. The van der Waals surface area contributed by atoms with Crippen LogP contribution in [0.25, 0.3) is 10.9 Å². The highest BCUT2D eigenvalue weighted by Gasteiger charge is 2.28. The first-order chi connectivity index (χ1) is 13.3. The maximum atomic E-state index is 12.8. The van der Waals surface area contributed by atoms with Crippen molar-refractivity contribution in [2.75, 3.05) is 37.6 Å². The van der Waals surface area contributed by atoms with Gasteiger partial charge < -0.3 is 14.6 Å². The average molecular weight is 403 g/mol. The van der Waals surface area contributed by atoms with Crippen LogP contribution in [0, 0.1) is 6.92 Å². The molecule has 0 amide bonds. The topological polar surface area (TPSA) is 82.8 Å². The molecule has 1 aliphatic heterocycles. The predicted molar refractivity (Wildman–Crippen MR) is 107 cm³/mol. The fraction of sp³-hybridized carbons (Fsp3) is 0.400. The number of carbonyl (C=O) groups is 2. The van der Waals surface area contributed by atoms with Crippen LogP contribution in [-0.4, -0.2) is 59.0 Å². The Bertz CT molecular complexity index is 1020. The van der Waals surface area contributed by atoms with Gasteiger partial charge in [-0.15, -0.1) is 0 Å². The number of ketones is 1. The first kappa shape index (κ1) is 19.0. The van der Waals surface area contributed by atoms with Crippen molar-refractivity contribution in [3.8, 4) is 0 Å². The SMILES string of the molecule is [CH2]C(=O)CN1CCN(c2cc3c(=O)c(C(=O)O)cn(C4CC4)c3cc2Cl)CC1. The normalized spacial score (nSPS) is 17.9. The van der Waals surface area contributed by atoms with Crippen LogP contribution in [0.1, 0.15) is 29.2 Å². The molecule has 1 saturated carbocycles. The van der Waals surface area contributed by atoms with Crippen molar-refractivity contribution >= 4 is 39.9 Å². The third-order valence-corrected chi connectivity index (χ3v) is 5.69. The molecular formula is C20H21ClN3O4. The number of hydrogen-bond acceptors (Lipinski definition) is 5. The van der Waals surface area contributed by atoms with E-state index in [0.29, 0.717) is 48.6 Å². The number of carboxylic acids is 1. The molecule has 4 rings (SSSR count). The third kappa shape index (κ3) is 3.52. The number of anilines is 1. The summed E-state index contributed by atoms with van der Waals surface area (Å²) in [5.41, 5.74) is 0.689. The standard InChI is InChI=1S/C20H21ClN3O4/c1-12(25)10-22-4-6-23(7-5-22)18-8-14-17(9-16(18)21)24(13-2-3-13)11-15(19(14)26)20(27)28/h8-9,11,13H,1-7,10H2,(H,27,28). The highest BCUT2D eigenvalue weighted by atomic mass is 35.5. The van der Waals surface area contributed by atoms with Gasteiger partial charge in [0, 0.05) is 50.7 Å². The highest BCUT2D eigenvalue weighted by molar-refractivity contribution is 6.34. The minimum absolute atomic E-state index is 0.112. The van der Waals surface area contributed by atoms with Crippen LogP contribution in [0.4, 0.5) is 5.69 Å². The Morgan fingerprint density at radius 2 is 1.86 bits per heavy atom. The summed E-state index contributed by atoms with van der Waals surface area (Å²) in [6.45, 7) is 6.45. The summed E-state index contributed by atoms with van der Waals surface area (Å²) in [6.07, 6.45) is 3.36. The zero-order valence-corrected chi connectivity index (χ0v) is 16.1. The van der Waals surface area contributed by atoms with E-state index in [4.69, 9.17) is 11.6 Å². The maximum absolute atomic E-state index is 12.8. The number of aromatic carboxylic acids is 1. The summed E-state index contributed by atoms with van der Waals surface area (Å²) in [6, 6.07) is 3.70. The van der Waals surface area contributed by atoms with Crippen molar-refractivity contribution in [2.24, 2.45) is 0 Å². The first-order valence-corrected chi connectivity index (χ1v) is 9.66. The number of halogens is 1. The number of carboxylic acid groups (broad SMARTS) is 1. The van der Waals surface area contributed by atoms with Crippen molar-refractivity contribution in [2.45, 2.75) is 18.9 Å². The van der Waals surface area contributed by atoms with Crippen LogP contribution in [0.2, 0.25) is 5.02 Å². The Hall–Kier alpha value is -2.38. The molecule has 1 aliphatic carbocycles. The zero-order chi connectivity index (χ0) is 20.0. The van der Waals surface area contributed by atoms with Gasteiger partial charge in [0.2, 0.25) is 5.43 Å². The Morgan fingerprint density at radius 1 is 1.18 bits per heavy atom. The van der Waals surface area contributed by atoms with Gasteiger partial charge in [-0.3, -0.25) is 14.5 Å². The van der Waals surface area contributed by atoms with Crippen LogP contribution in [-0.2, 0) is 4.79 Å². The van der Waals surface area contributed by atoms with Crippen LogP contribution >= 0.6 is 11.6 Å². The lowest BCUT2D eigenvalue weighted by molar-refractivity contribution is -0.116. The molecule has 0 bridgehead atoms. The van der Waals surface area contributed by atoms with Gasteiger partial charge in [-0.05, 0) is 25.0 Å². The minimum Gasteiger partial charge on any atom is -0.477 e. The Labute approximate surface area is 167 Å². The van der Waals surface area contributed by atoms with E-state index in [0.717, 1.165) is 18.5 Å². The van der Waals surface area contributed by atoms with Crippen molar-refractivity contribution < 1.29 is 14.7 Å². The fourth-order valence-corrected chi connectivity index (χ4v) is 4.08. The largest absolute Gasteiger partial charge is 0.477 e. The number of rotatable bonds is 5. The summed E-state index contributed by atoms with van der Waals surface area (Å²) in [5.74, 6) is -1.33. The molecule has 1 aromatic carbocycles. The van der Waals surface area contributed by atoms with Gasteiger partial charge >= 0.3 is 5.97 Å². The number of fused-ring (bicyclic) bond motifs is 1. The second-order valence-electron chi connectivity index (χ2n) is 7.44. The van der Waals surface area contributed by atoms with Crippen LogP contribution < -0.4 is 10.3 Å². The molecule has 147 valence electrons. The Balaban J connectivity index is 1.74. The van der Waals surface area contributed by atoms with E-state index in [1.807, 2.05) is 9.47 Å². The van der Waals surface area contributed by atoms with Crippen molar-refractivity contribution in [1.82, 2.24) is 9.47 Å². The molecule has 0 atom stereocenters. The summed E-state index contributed by atoms with van der Waals surface area (Å²) >= 11 is 6.56. The van der Waals surface area contributed by atoms with Crippen molar-refractivity contribution in [3.63, 3.8) is 0 Å². The van der Waals surface area contributed by atoms with E-state index >= 15 is 0 Å². The van der Waals surface area contributed by atoms with Crippen molar-refractivity contribution in [3.05, 3.63) is 46.1 Å². The van der Waals surface area contributed by atoms with E-state index < -0.39 is 11.4 Å².